The molecule has 3 nitrogen and oxygen atoms in total. The van der Waals surface area contributed by atoms with Gasteiger partial charge in [0.2, 0.25) is 0 Å². The van der Waals surface area contributed by atoms with Crippen molar-refractivity contribution in [2.45, 2.75) is 12.8 Å². The number of halogens is 4. The average molecular weight is 269 g/mol. The van der Waals surface area contributed by atoms with Crippen LogP contribution >= 0.6 is 11.6 Å². The van der Waals surface area contributed by atoms with Crippen molar-refractivity contribution in [3.8, 4) is 5.75 Å². The number of hydrogen-bond donors (Lipinski definition) is 0. The van der Waals surface area contributed by atoms with Crippen LogP contribution in [-0.4, -0.2) is 19.3 Å². The van der Waals surface area contributed by atoms with E-state index in [4.69, 9.17) is 16.3 Å². The number of ether oxygens (including phenoxy) is 2. The van der Waals surface area contributed by atoms with Crippen molar-refractivity contribution in [1.29, 1.82) is 0 Å². The first-order chi connectivity index (χ1) is 7.84. The summed E-state index contributed by atoms with van der Waals surface area (Å²) in [6.45, 7) is -0.529. The Hall–Kier alpha value is -1.43. The van der Waals surface area contributed by atoms with Crippen molar-refractivity contribution < 1.29 is 27.4 Å². The second-order valence-electron chi connectivity index (χ2n) is 3.03. The van der Waals surface area contributed by atoms with Crippen molar-refractivity contribution in [3.05, 3.63) is 28.8 Å². The summed E-state index contributed by atoms with van der Waals surface area (Å²) in [5.74, 6) is -1.98. The summed E-state index contributed by atoms with van der Waals surface area (Å²) in [7, 11) is 1.33. The van der Waals surface area contributed by atoms with E-state index in [0.717, 1.165) is 0 Å². The predicted octanol–water partition coefficient (Wildman–Crippen LogP) is 2.95. The van der Waals surface area contributed by atoms with Crippen LogP contribution in [0.15, 0.2) is 18.2 Å². The van der Waals surface area contributed by atoms with Crippen LogP contribution in [0.3, 0.4) is 0 Å². The van der Waals surface area contributed by atoms with Crippen LogP contribution in [0, 0.1) is 0 Å². The van der Waals surface area contributed by atoms with E-state index in [-0.39, 0.29) is 5.75 Å². The quantitative estimate of drug-likeness (QED) is 0.791. The molecule has 0 aromatic heterocycles. The number of carbonyl (C=O) groups excluding carboxylic acids is 1. The normalized spacial score (nSPS) is 11.1. The lowest BCUT2D eigenvalue weighted by atomic mass is 10.2. The first-order valence-corrected chi connectivity index (χ1v) is 4.78. The lowest BCUT2D eigenvalue weighted by Gasteiger charge is -2.10. The third-order valence-electron chi connectivity index (χ3n) is 1.84. The Morgan fingerprint density at radius 1 is 1.41 bits per heavy atom. The minimum atomic E-state index is -5.00. The fourth-order valence-corrected chi connectivity index (χ4v) is 1.22. The summed E-state index contributed by atoms with van der Waals surface area (Å²) in [4.78, 5) is 10.5. The molecule has 0 heterocycles. The molecule has 0 saturated heterocycles. The lowest BCUT2D eigenvalue weighted by molar-refractivity contribution is -0.201. The lowest BCUT2D eigenvalue weighted by Crippen LogP contribution is -2.25. The monoisotopic (exact) mass is 268 g/mol. The first-order valence-electron chi connectivity index (χ1n) is 4.41. The Labute approximate surface area is 100 Å². The fraction of sp³-hybridized carbons (Fsp3) is 0.300. The van der Waals surface area contributed by atoms with Gasteiger partial charge in [-0.1, -0.05) is 17.7 Å². The molecule has 0 unspecified atom stereocenters. The molecule has 1 aromatic carbocycles. The van der Waals surface area contributed by atoms with Crippen LogP contribution in [0.4, 0.5) is 13.2 Å². The molecule has 0 fully saturated rings. The number of rotatable bonds is 3. The van der Waals surface area contributed by atoms with Crippen LogP contribution in [0.2, 0.25) is 5.02 Å². The van der Waals surface area contributed by atoms with E-state index < -0.39 is 18.8 Å². The molecule has 94 valence electrons. The van der Waals surface area contributed by atoms with Gasteiger partial charge in [0.05, 0.1) is 7.11 Å². The second kappa shape index (κ2) is 5.27. The van der Waals surface area contributed by atoms with E-state index >= 15 is 0 Å². The molecule has 0 amide bonds. The Balaban J connectivity index is 2.73. The van der Waals surface area contributed by atoms with Crippen LogP contribution in [0.1, 0.15) is 5.56 Å². The van der Waals surface area contributed by atoms with Gasteiger partial charge in [0.15, 0.2) is 0 Å². The van der Waals surface area contributed by atoms with Gasteiger partial charge in [-0.3, -0.25) is 0 Å². The van der Waals surface area contributed by atoms with Gasteiger partial charge in [0.1, 0.15) is 12.4 Å². The Morgan fingerprint density at radius 2 is 2.06 bits per heavy atom. The van der Waals surface area contributed by atoms with Gasteiger partial charge in [-0.05, 0) is 12.1 Å². The van der Waals surface area contributed by atoms with E-state index in [1.165, 1.54) is 25.3 Å². The summed E-state index contributed by atoms with van der Waals surface area (Å²) in [6.07, 6.45) is -5.00. The SMILES string of the molecule is COc1cc(Cl)ccc1COC(=O)C(F)(F)F. The molecule has 0 aliphatic carbocycles. The van der Waals surface area contributed by atoms with Gasteiger partial charge in [-0.2, -0.15) is 13.2 Å². The Morgan fingerprint density at radius 3 is 2.59 bits per heavy atom. The van der Waals surface area contributed by atoms with E-state index in [0.29, 0.717) is 10.6 Å². The standard InChI is InChI=1S/C10H8ClF3O3/c1-16-8-4-7(11)3-2-6(8)5-17-9(15)10(12,13)14/h2-4H,5H2,1H3. The molecule has 17 heavy (non-hydrogen) atoms. The number of alkyl halides is 3. The molecule has 7 heteroatoms. The average Bonchev–Trinajstić information content (AvgIpc) is 2.25. The Bertz CT molecular complexity index is 418. The van der Waals surface area contributed by atoms with Gasteiger partial charge in [-0.15, -0.1) is 0 Å². The third kappa shape index (κ3) is 3.81. The van der Waals surface area contributed by atoms with Crippen LogP contribution in [0.25, 0.3) is 0 Å². The van der Waals surface area contributed by atoms with Gasteiger partial charge in [0.25, 0.3) is 0 Å². The Kier molecular flexibility index (Phi) is 4.22. The van der Waals surface area contributed by atoms with Crippen molar-refractivity contribution in [2.75, 3.05) is 7.11 Å². The predicted molar refractivity (Wildman–Crippen MR) is 53.9 cm³/mol. The molecular weight excluding hydrogens is 261 g/mol. The molecule has 1 rings (SSSR count). The molecule has 0 radical (unpaired) electrons. The summed E-state index contributed by atoms with van der Waals surface area (Å²) >= 11 is 5.66. The topological polar surface area (TPSA) is 35.5 Å². The smallest absolute Gasteiger partial charge is 0.490 e. The van der Waals surface area contributed by atoms with Crippen LogP contribution < -0.4 is 4.74 Å². The highest BCUT2D eigenvalue weighted by molar-refractivity contribution is 6.30. The maximum absolute atomic E-state index is 11.9. The highest BCUT2D eigenvalue weighted by atomic mass is 35.5. The molecular formula is C10H8ClF3O3. The van der Waals surface area contributed by atoms with E-state index in [9.17, 15) is 18.0 Å². The zero-order valence-electron chi connectivity index (χ0n) is 8.68. The van der Waals surface area contributed by atoms with Gasteiger partial charge < -0.3 is 9.47 Å². The highest BCUT2D eigenvalue weighted by Crippen LogP contribution is 2.25. The number of esters is 1. The molecule has 0 spiro atoms. The molecule has 1 aromatic rings. The zero-order chi connectivity index (χ0) is 13.1. The van der Waals surface area contributed by atoms with Crippen molar-refractivity contribution >= 4 is 17.6 Å². The zero-order valence-corrected chi connectivity index (χ0v) is 9.43. The number of methoxy groups -OCH3 is 1. The molecule has 0 aliphatic heterocycles. The minimum Gasteiger partial charge on any atom is -0.496 e. The summed E-state index contributed by atoms with van der Waals surface area (Å²) in [6, 6.07) is 4.30. The molecule has 0 aliphatic rings. The summed E-state index contributed by atoms with van der Waals surface area (Å²) in [5, 5.41) is 0.368. The molecule has 0 N–H and O–H groups in total. The summed E-state index contributed by atoms with van der Waals surface area (Å²) in [5.41, 5.74) is 0.300. The number of hydrogen-bond acceptors (Lipinski definition) is 3. The van der Waals surface area contributed by atoms with Gasteiger partial charge >= 0.3 is 12.1 Å². The summed E-state index contributed by atoms with van der Waals surface area (Å²) < 4.78 is 44.6. The number of benzene rings is 1. The van der Waals surface area contributed by atoms with Crippen molar-refractivity contribution in [3.63, 3.8) is 0 Å². The van der Waals surface area contributed by atoms with Crippen molar-refractivity contribution in [1.82, 2.24) is 0 Å². The maximum atomic E-state index is 11.9. The molecule has 0 saturated carbocycles. The molecule has 0 atom stereocenters. The van der Waals surface area contributed by atoms with Gasteiger partial charge in [0, 0.05) is 10.6 Å². The minimum absolute atomic E-state index is 0.257. The molecule has 0 bridgehead atoms. The number of carbonyl (C=O) groups is 1. The van der Waals surface area contributed by atoms with E-state index in [1.807, 2.05) is 0 Å². The van der Waals surface area contributed by atoms with Gasteiger partial charge in [-0.25, -0.2) is 4.79 Å². The maximum Gasteiger partial charge on any atom is 0.490 e. The van der Waals surface area contributed by atoms with Crippen molar-refractivity contribution in [2.24, 2.45) is 0 Å². The van der Waals surface area contributed by atoms with Crippen LogP contribution in [-0.2, 0) is 16.1 Å². The second-order valence-corrected chi connectivity index (χ2v) is 3.47. The fourth-order valence-electron chi connectivity index (χ4n) is 1.06. The largest absolute Gasteiger partial charge is 0.496 e. The van der Waals surface area contributed by atoms with E-state index in [1.54, 1.807) is 0 Å². The highest BCUT2D eigenvalue weighted by Gasteiger charge is 2.40. The third-order valence-corrected chi connectivity index (χ3v) is 2.07. The van der Waals surface area contributed by atoms with E-state index in [2.05, 4.69) is 4.74 Å². The van der Waals surface area contributed by atoms with Crippen LogP contribution in [0.5, 0.6) is 5.75 Å². The first kappa shape index (κ1) is 13.6.